The molecule has 0 aromatic carbocycles. The first-order valence-corrected chi connectivity index (χ1v) is 5.62. The van der Waals surface area contributed by atoms with Crippen molar-refractivity contribution in [3.8, 4) is 0 Å². The Bertz CT molecular complexity index is 158. The number of likely N-dealkylation sites (tertiary alicyclic amines) is 1. The van der Waals surface area contributed by atoms with Crippen LogP contribution in [-0.4, -0.2) is 25.0 Å². The molecule has 0 aromatic rings. The van der Waals surface area contributed by atoms with Gasteiger partial charge in [0.1, 0.15) is 0 Å². The maximum Gasteiger partial charge on any atom is 1.00 e. The van der Waals surface area contributed by atoms with Crippen molar-refractivity contribution in [2.24, 2.45) is 0 Å². The molecule has 0 bridgehead atoms. The molecule has 0 N–H and O–H groups in total. The maximum atomic E-state index is 9.87. The fraction of sp³-hybridized carbons (Fsp3) is 1.00. The Kier molecular flexibility index (Phi) is 2.98. The summed E-state index contributed by atoms with van der Waals surface area (Å²) in [5, 5.41) is 0. The van der Waals surface area contributed by atoms with Gasteiger partial charge in [-0.1, -0.05) is 0 Å². The minimum absolute atomic E-state index is 0. The maximum absolute atomic E-state index is 10.7. The fourth-order valence-corrected chi connectivity index (χ4v) is 0.875. The van der Waals surface area contributed by atoms with Crippen molar-refractivity contribution in [1.29, 1.82) is 0 Å². The minimum Gasteiger partial charge on any atom is 1.00 e. The van der Waals surface area contributed by atoms with E-state index < -0.39 is 7.81 Å². The van der Waals surface area contributed by atoms with Crippen LogP contribution >= 0.6 is 7.81 Å². The molecule has 1 aliphatic heterocycles. The van der Waals surface area contributed by atoms with Crippen LogP contribution in [0.25, 0.3) is 0 Å². The first kappa shape index (κ1) is 13.0. The molecule has 0 amide bonds. The van der Waals surface area contributed by atoms with Gasteiger partial charge in [0.2, 0.25) is 0 Å². The zero-order valence-corrected chi connectivity index (χ0v) is 7.89. The fourth-order valence-electron chi connectivity index (χ4n) is 0.875. The average Bonchev–Trinajstić information content (AvgIpc) is 2.07. The molecule has 84 valence electrons. The molecule has 1 aliphatic rings. The number of rotatable bonds is 0. The molecule has 0 atom stereocenters. The second-order valence-electron chi connectivity index (χ2n) is 2.97. The second-order valence-corrected chi connectivity index (χ2v) is 4.89. The molecule has 1 nitrogen and oxygen atoms in total. The van der Waals surface area contributed by atoms with Crippen LogP contribution in [0.3, 0.4) is 0 Å². The third kappa shape index (κ3) is 24.5. The van der Waals surface area contributed by atoms with Crippen molar-refractivity contribution in [3.63, 3.8) is 0 Å². The van der Waals surface area contributed by atoms with Crippen molar-refractivity contribution in [2.75, 3.05) is 20.1 Å². The van der Waals surface area contributed by atoms with Crippen molar-refractivity contribution >= 4 is 7.81 Å². The molecule has 1 fully saturated rings. The van der Waals surface area contributed by atoms with Gasteiger partial charge in [-0.25, -0.2) is 0 Å². The molecule has 0 aliphatic carbocycles. The molecule has 0 spiro atoms. The number of hydrogen-bond acceptors (Lipinski definition) is 1. The van der Waals surface area contributed by atoms with Gasteiger partial charge in [0.15, 0.2) is 0 Å². The van der Waals surface area contributed by atoms with E-state index in [-0.39, 0.29) is 1.43 Å². The molecule has 0 unspecified atom stereocenters. The summed E-state index contributed by atoms with van der Waals surface area (Å²) in [7, 11) is -8.48. The summed E-state index contributed by atoms with van der Waals surface area (Å²) in [5.74, 6) is 0. The van der Waals surface area contributed by atoms with Crippen molar-refractivity contribution < 1.29 is 26.6 Å². The van der Waals surface area contributed by atoms with Gasteiger partial charge in [0.05, 0.1) is 0 Å². The van der Waals surface area contributed by atoms with E-state index in [1.165, 1.54) is 25.9 Å². The van der Waals surface area contributed by atoms with E-state index in [4.69, 9.17) is 0 Å². The Morgan fingerprint density at radius 3 is 1.23 bits per heavy atom. The standard InChI is InChI=1S/C5H11N.F6P/c1-6-4-2-3-5-6;1-7(2,3,4,5)6/h2-5H2,1H3;/q;-1/p+1. The van der Waals surface area contributed by atoms with Crippen LogP contribution in [0.1, 0.15) is 14.3 Å². The van der Waals surface area contributed by atoms with E-state index in [9.17, 15) is 25.2 Å². The third-order valence-corrected chi connectivity index (χ3v) is 1.33. The summed E-state index contributed by atoms with van der Waals surface area (Å²) in [6.07, 6.45) is 2.83. The number of nitrogens with zero attached hydrogens (tertiary/aromatic N) is 1. The van der Waals surface area contributed by atoms with Gasteiger partial charge in [0, 0.05) is 0 Å². The molecule has 1 saturated heterocycles. The molecule has 8 heteroatoms. The van der Waals surface area contributed by atoms with Crippen LogP contribution in [-0.2, 0) is 0 Å². The molecule has 0 aromatic heterocycles. The van der Waals surface area contributed by atoms with Gasteiger partial charge < -0.3 is 4.90 Å². The molecule has 0 radical (unpaired) electrons. The normalized spacial score (nSPS) is 24.2. The van der Waals surface area contributed by atoms with Gasteiger partial charge >= 0.3 is 34.4 Å². The summed E-state index contributed by atoms with van der Waals surface area (Å²) in [6, 6.07) is 0. The van der Waals surface area contributed by atoms with Gasteiger partial charge in [0.25, 0.3) is 0 Å². The predicted molar refractivity (Wildman–Crippen MR) is 41.4 cm³/mol. The Morgan fingerprint density at radius 2 is 1.15 bits per heavy atom. The van der Waals surface area contributed by atoms with Gasteiger partial charge in [-0.3, -0.25) is 0 Å². The van der Waals surface area contributed by atoms with E-state index in [0.717, 1.165) is 0 Å². The topological polar surface area (TPSA) is 3.24 Å². The Hall–Kier alpha value is -0.0300. The quantitative estimate of drug-likeness (QED) is 0.446. The van der Waals surface area contributed by atoms with Crippen LogP contribution in [0.2, 0.25) is 0 Å². The first-order chi connectivity index (χ1) is 5.34. The number of halogens is 6. The largest absolute Gasteiger partial charge is 1.00 e. The molecule has 0 saturated carbocycles. The SMILES string of the molecule is CN1CCCC1.F[P-](F)(F)(F)(F)F.[H+]. The summed E-state index contributed by atoms with van der Waals surface area (Å²) in [5.41, 5.74) is 0. The predicted octanol–water partition coefficient (Wildman–Crippen LogP) is 4.21. The minimum atomic E-state index is -10.7. The van der Waals surface area contributed by atoms with Crippen LogP contribution in [0.4, 0.5) is 25.2 Å². The van der Waals surface area contributed by atoms with Crippen molar-refractivity contribution in [2.45, 2.75) is 12.8 Å². The van der Waals surface area contributed by atoms with E-state index in [0.29, 0.717) is 0 Å². The Labute approximate surface area is 73.4 Å². The van der Waals surface area contributed by atoms with Crippen molar-refractivity contribution in [3.05, 3.63) is 0 Å². The van der Waals surface area contributed by atoms with Gasteiger partial charge in [-0.15, -0.1) is 0 Å². The summed E-state index contributed by atoms with van der Waals surface area (Å²) in [6.45, 7) is 2.64. The number of hydrogen-bond donors (Lipinski definition) is 0. The molecular formula is C5H12F6NP. The van der Waals surface area contributed by atoms with E-state index in [1.807, 2.05) is 0 Å². The summed E-state index contributed by atoms with van der Waals surface area (Å²) in [4.78, 5) is 2.36. The molecule has 1 heterocycles. The van der Waals surface area contributed by atoms with Crippen molar-refractivity contribution in [1.82, 2.24) is 4.90 Å². The second kappa shape index (κ2) is 2.98. The van der Waals surface area contributed by atoms with E-state index in [1.54, 1.807) is 0 Å². The summed E-state index contributed by atoms with van der Waals surface area (Å²) < 4.78 is 59.2. The van der Waals surface area contributed by atoms with Gasteiger partial charge in [-0.05, 0) is 33.0 Å². The van der Waals surface area contributed by atoms with Crippen LogP contribution in [0, 0.1) is 0 Å². The molecule has 13 heavy (non-hydrogen) atoms. The molecule has 1 rings (SSSR count). The smallest absolute Gasteiger partial charge is 1.00 e. The third-order valence-electron chi connectivity index (χ3n) is 1.33. The Morgan fingerprint density at radius 1 is 0.923 bits per heavy atom. The zero-order chi connectivity index (χ0) is 10.8. The first-order valence-electron chi connectivity index (χ1n) is 3.59. The average molecular weight is 231 g/mol. The molecular weight excluding hydrogens is 219 g/mol. The Balaban J connectivity index is 0. The zero-order valence-electron chi connectivity index (χ0n) is 7.99. The van der Waals surface area contributed by atoms with E-state index in [2.05, 4.69) is 11.9 Å². The monoisotopic (exact) mass is 231 g/mol. The van der Waals surface area contributed by atoms with Crippen LogP contribution in [0.5, 0.6) is 0 Å². The van der Waals surface area contributed by atoms with E-state index >= 15 is 0 Å². The van der Waals surface area contributed by atoms with Crippen LogP contribution < -0.4 is 0 Å². The summed E-state index contributed by atoms with van der Waals surface area (Å²) >= 11 is 0. The van der Waals surface area contributed by atoms with Crippen LogP contribution in [0.15, 0.2) is 0 Å². The van der Waals surface area contributed by atoms with Gasteiger partial charge in [-0.2, -0.15) is 0 Å².